The molecule has 0 atom stereocenters. The van der Waals surface area contributed by atoms with Crippen LogP contribution in [0.3, 0.4) is 0 Å². The monoisotopic (exact) mass is 541 g/mol. The van der Waals surface area contributed by atoms with E-state index in [9.17, 15) is 31.6 Å². The Morgan fingerprint density at radius 1 is 0.946 bits per heavy atom. The van der Waals surface area contributed by atoms with Crippen molar-refractivity contribution in [2.24, 2.45) is 5.92 Å². The van der Waals surface area contributed by atoms with Crippen molar-refractivity contribution in [3.63, 3.8) is 0 Å². The Bertz CT molecular complexity index is 1150. The number of hydroxylamine groups is 1. The zero-order chi connectivity index (χ0) is 26.6. The molecule has 0 unspecified atom stereocenters. The molecular weight excluding hydrogens is 511 g/mol. The van der Waals surface area contributed by atoms with Crippen LogP contribution in [0.15, 0.2) is 54.6 Å². The second kappa shape index (κ2) is 11.4. The van der Waals surface area contributed by atoms with Gasteiger partial charge in [-0.1, -0.05) is 34.8 Å². The van der Waals surface area contributed by atoms with Crippen molar-refractivity contribution in [3.05, 3.63) is 65.7 Å². The number of alkyl halides is 3. The number of halogens is 3. The molecule has 2 aliphatic rings. The normalized spacial score (nSPS) is 19.0. The van der Waals surface area contributed by atoms with Crippen LogP contribution in [0.5, 0.6) is 5.75 Å². The Morgan fingerprint density at radius 2 is 1.54 bits per heavy atom. The van der Waals surface area contributed by atoms with Crippen LogP contribution in [-0.4, -0.2) is 65.5 Å². The number of amides is 1. The first-order valence-electron chi connectivity index (χ1n) is 12.2. The first-order valence-corrected chi connectivity index (χ1v) is 13.6. The summed E-state index contributed by atoms with van der Waals surface area (Å²) in [5, 5.41) is 10.4. The van der Waals surface area contributed by atoms with Crippen LogP contribution in [0, 0.1) is 5.92 Å². The molecule has 0 bridgehead atoms. The van der Waals surface area contributed by atoms with Crippen molar-refractivity contribution < 1.29 is 36.3 Å². The van der Waals surface area contributed by atoms with E-state index < -0.39 is 39.9 Å². The predicted octanol–water partition coefficient (Wildman–Crippen LogP) is 3.92. The summed E-state index contributed by atoms with van der Waals surface area (Å²) in [4.78, 5) is 15.0. The molecule has 2 aliphatic heterocycles. The van der Waals surface area contributed by atoms with Gasteiger partial charge in [0.15, 0.2) is 0 Å². The Balaban J connectivity index is 1.25. The quantitative estimate of drug-likeness (QED) is 0.422. The summed E-state index contributed by atoms with van der Waals surface area (Å²) in [7, 11) is -4.41. The largest absolute Gasteiger partial charge is 0.490 e. The van der Waals surface area contributed by atoms with Crippen LogP contribution in [0.1, 0.15) is 36.8 Å². The summed E-state index contributed by atoms with van der Waals surface area (Å²) < 4.78 is 70.6. The fourth-order valence-corrected chi connectivity index (χ4v) is 5.92. The third-order valence-electron chi connectivity index (χ3n) is 6.80. The topological polar surface area (TPSA) is 90.4 Å². The minimum atomic E-state index is -4.44. The molecule has 2 aromatic carbocycles. The molecule has 0 saturated carbocycles. The molecule has 2 heterocycles. The van der Waals surface area contributed by atoms with Gasteiger partial charge in [-0.2, -0.15) is 25.9 Å². The van der Waals surface area contributed by atoms with E-state index in [-0.39, 0.29) is 36.1 Å². The summed E-state index contributed by atoms with van der Waals surface area (Å²) in [6.45, 7) is 1.99. The lowest BCUT2D eigenvalue weighted by Gasteiger charge is -2.35. The number of rotatable bonds is 7. The predicted molar refractivity (Wildman–Crippen MR) is 129 cm³/mol. The summed E-state index contributed by atoms with van der Waals surface area (Å²) in [5.41, 5.74) is 0.375. The lowest BCUT2D eigenvalue weighted by molar-refractivity contribution is -0.153. The molecule has 8 nitrogen and oxygen atoms in total. The number of piperidine rings is 2. The number of carbonyl (C=O) groups excluding carboxylic acids is 1. The molecule has 12 heteroatoms. The van der Waals surface area contributed by atoms with E-state index in [1.807, 2.05) is 30.3 Å². The molecule has 0 radical (unpaired) electrons. The highest BCUT2D eigenvalue weighted by Gasteiger charge is 2.39. The second-order valence-electron chi connectivity index (χ2n) is 9.36. The van der Waals surface area contributed by atoms with Crippen LogP contribution < -0.4 is 4.74 Å². The minimum absolute atomic E-state index is 0.00744. The molecule has 2 fully saturated rings. The Labute approximate surface area is 214 Å². The Morgan fingerprint density at radius 3 is 2.11 bits per heavy atom. The van der Waals surface area contributed by atoms with E-state index in [2.05, 4.69) is 4.90 Å². The highest BCUT2D eigenvalue weighted by atomic mass is 32.2. The molecule has 0 spiro atoms. The first kappa shape index (κ1) is 27.4. The van der Waals surface area contributed by atoms with Crippen LogP contribution >= 0.6 is 0 Å². The number of hydrogen-bond acceptors (Lipinski definition) is 6. The van der Waals surface area contributed by atoms with Gasteiger partial charge in [0.1, 0.15) is 11.9 Å². The fourth-order valence-electron chi connectivity index (χ4n) is 4.65. The van der Waals surface area contributed by atoms with E-state index in [0.717, 1.165) is 28.5 Å². The summed E-state index contributed by atoms with van der Waals surface area (Å²) >= 11 is 0. The highest BCUT2D eigenvalue weighted by molar-refractivity contribution is 7.87. The van der Waals surface area contributed by atoms with Gasteiger partial charge in [0.25, 0.3) is 5.91 Å². The van der Waals surface area contributed by atoms with E-state index >= 15 is 0 Å². The van der Waals surface area contributed by atoms with Gasteiger partial charge in [-0.15, -0.1) is 0 Å². The van der Waals surface area contributed by atoms with Gasteiger partial charge in [0, 0.05) is 25.6 Å². The van der Waals surface area contributed by atoms with Gasteiger partial charge < -0.3 is 4.74 Å². The zero-order valence-electron chi connectivity index (χ0n) is 20.2. The van der Waals surface area contributed by atoms with Gasteiger partial charge in [-0.05, 0) is 68.6 Å². The van der Waals surface area contributed by atoms with Crippen molar-refractivity contribution in [2.45, 2.75) is 44.5 Å². The zero-order valence-corrected chi connectivity index (χ0v) is 21.0. The lowest BCUT2D eigenvalue weighted by Crippen LogP contribution is -2.51. The average molecular weight is 542 g/mol. The number of nitrogens with zero attached hydrogens (tertiary/aromatic N) is 3. The lowest BCUT2D eigenvalue weighted by atomic mass is 9.96. The molecule has 37 heavy (non-hydrogen) atoms. The van der Waals surface area contributed by atoms with E-state index in [1.165, 1.54) is 12.1 Å². The third-order valence-corrected chi connectivity index (χ3v) is 8.44. The maximum absolute atomic E-state index is 12.9. The van der Waals surface area contributed by atoms with Crippen molar-refractivity contribution in [1.82, 2.24) is 13.7 Å². The Hall–Kier alpha value is -2.67. The maximum atomic E-state index is 12.9. The molecule has 1 amide bonds. The van der Waals surface area contributed by atoms with Crippen molar-refractivity contribution in [3.8, 4) is 5.75 Å². The first-order chi connectivity index (χ1) is 17.5. The molecule has 2 saturated heterocycles. The smallest absolute Gasteiger partial charge is 0.416 e. The van der Waals surface area contributed by atoms with Crippen molar-refractivity contribution >= 4 is 16.1 Å². The third kappa shape index (κ3) is 6.81. The number of ether oxygens (including phenoxy) is 1. The van der Waals surface area contributed by atoms with E-state index in [4.69, 9.17) is 4.74 Å². The second-order valence-corrected chi connectivity index (χ2v) is 11.1. The number of likely N-dealkylation sites (tertiary alicyclic amines) is 1. The number of carbonyl (C=O) groups is 1. The van der Waals surface area contributed by atoms with E-state index in [0.29, 0.717) is 25.9 Å². The van der Waals surface area contributed by atoms with Crippen molar-refractivity contribution in [1.29, 1.82) is 0 Å². The molecule has 2 aromatic rings. The highest BCUT2D eigenvalue weighted by Crippen LogP contribution is 2.31. The average Bonchev–Trinajstić information content (AvgIpc) is 2.89. The van der Waals surface area contributed by atoms with Gasteiger partial charge in [-0.3, -0.25) is 14.9 Å². The van der Waals surface area contributed by atoms with E-state index in [1.54, 1.807) is 0 Å². The summed E-state index contributed by atoms with van der Waals surface area (Å²) in [6, 6.07) is 14.2. The van der Waals surface area contributed by atoms with Gasteiger partial charge in [0.2, 0.25) is 0 Å². The fraction of sp³-hybridized carbons (Fsp3) is 0.480. The standard InChI is InChI=1S/C25H30F3N3O5S/c26-25(27,28)21-6-8-22(9-7-21)36-23-12-16-30(17-13-23)37(34,35)31(33)24(32)20-10-14-29(15-11-20)18-19-4-2-1-3-5-19/h1-9,20,23,33H,10-18H2. The van der Waals surface area contributed by atoms with Crippen LogP contribution in [0.4, 0.5) is 13.2 Å². The van der Waals surface area contributed by atoms with Gasteiger partial charge >= 0.3 is 16.4 Å². The van der Waals surface area contributed by atoms with Gasteiger partial charge in [0.05, 0.1) is 5.56 Å². The van der Waals surface area contributed by atoms with Crippen molar-refractivity contribution in [2.75, 3.05) is 26.2 Å². The SMILES string of the molecule is O=C(C1CCN(Cc2ccccc2)CC1)N(O)S(=O)(=O)N1CCC(Oc2ccc(C(F)(F)F)cc2)CC1. The molecular formula is C25H30F3N3O5S. The molecule has 4 rings (SSSR count). The van der Waals surface area contributed by atoms with Crippen LogP contribution in [-0.2, 0) is 27.7 Å². The molecule has 1 N–H and O–H groups in total. The molecule has 0 aliphatic carbocycles. The number of benzene rings is 2. The maximum Gasteiger partial charge on any atom is 0.416 e. The molecule has 202 valence electrons. The van der Waals surface area contributed by atoms with Crippen LogP contribution in [0.25, 0.3) is 0 Å². The Kier molecular flexibility index (Phi) is 8.42. The van der Waals surface area contributed by atoms with Crippen LogP contribution in [0.2, 0.25) is 0 Å². The van der Waals surface area contributed by atoms with Gasteiger partial charge in [-0.25, -0.2) is 0 Å². The summed E-state index contributed by atoms with van der Waals surface area (Å²) in [6.07, 6.45) is -3.42. The number of hydrogen-bond donors (Lipinski definition) is 1. The minimum Gasteiger partial charge on any atom is -0.490 e. The summed E-state index contributed by atoms with van der Waals surface area (Å²) in [5.74, 6) is -1.17. The molecule has 0 aromatic heterocycles.